The number of amides is 1. The van der Waals surface area contributed by atoms with Gasteiger partial charge in [0.15, 0.2) is 0 Å². The number of anilines is 1. The molecule has 1 fully saturated rings. The van der Waals surface area contributed by atoms with Crippen molar-refractivity contribution in [1.29, 1.82) is 0 Å². The lowest BCUT2D eigenvalue weighted by atomic mass is 9.98. The fourth-order valence-corrected chi connectivity index (χ4v) is 3.08. The van der Waals surface area contributed by atoms with Crippen molar-refractivity contribution in [2.75, 3.05) is 31.1 Å². The fourth-order valence-electron chi connectivity index (χ4n) is 3.08. The molecule has 0 N–H and O–H groups in total. The van der Waals surface area contributed by atoms with Crippen LogP contribution >= 0.6 is 0 Å². The van der Waals surface area contributed by atoms with Gasteiger partial charge in [0.2, 0.25) is 0 Å². The number of piperazine rings is 1. The van der Waals surface area contributed by atoms with Gasteiger partial charge in [0, 0.05) is 31.9 Å². The van der Waals surface area contributed by atoms with Gasteiger partial charge in [0.25, 0.3) is 0 Å². The van der Waals surface area contributed by atoms with E-state index in [4.69, 9.17) is 4.74 Å². The van der Waals surface area contributed by atoms with Crippen LogP contribution in [0.4, 0.5) is 10.5 Å². The van der Waals surface area contributed by atoms with E-state index in [1.807, 2.05) is 25.7 Å². The molecule has 0 unspecified atom stereocenters. The number of carbonyl (C=O) groups is 1. The van der Waals surface area contributed by atoms with Gasteiger partial charge < -0.3 is 14.5 Å². The monoisotopic (exact) mass is 332 g/mol. The molecule has 1 aliphatic rings. The summed E-state index contributed by atoms with van der Waals surface area (Å²) in [5.41, 5.74) is 3.60. The zero-order valence-corrected chi connectivity index (χ0v) is 16.1. The second kappa shape index (κ2) is 7.45. The lowest BCUT2D eigenvalue weighted by molar-refractivity contribution is 0.0240. The van der Waals surface area contributed by atoms with Gasteiger partial charge in [-0.25, -0.2) is 4.79 Å². The molecule has 1 amide bonds. The Labute approximate surface area is 146 Å². The molecule has 0 atom stereocenters. The number of hydrogen-bond donors (Lipinski definition) is 0. The van der Waals surface area contributed by atoms with E-state index in [1.54, 1.807) is 0 Å². The van der Waals surface area contributed by atoms with Crippen LogP contribution in [0.25, 0.3) is 0 Å². The third-order valence-corrected chi connectivity index (χ3v) is 4.14. The minimum atomic E-state index is -0.435. The van der Waals surface area contributed by atoms with Crippen LogP contribution in [0.1, 0.15) is 45.7 Å². The lowest BCUT2D eigenvalue weighted by Crippen LogP contribution is -2.50. The molecule has 4 nitrogen and oxygen atoms in total. The summed E-state index contributed by atoms with van der Waals surface area (Å²) in [6, 6.07) is 6.71. The number of nitrogens with zero attached hydrogens (tertiary/aromatic N) is 2. The SMILES string of the molecule is Cc1ccc(N2CCN(C(=O)OC(C)(C)C)CC2)c(CC(C)C)c1. The summed E-state index contributed by atoms with van der Waals surface area (Å²) < 4.78 is 5.48. The highest BCUT2D eigenvalue weighted by molar-refractivity contribution is 5.69. The van der Waals surface area contributed by atoms with Gasteiger partial charge in [0.05, 0.1) is 0 Å². The molecule has 0 aromatic heterocycles. The molecular weight excluding hydrogens is 300 g/mol. The van der Waals surface area contributed by atoms with Gasteiger partial charge in [0.1, 0.15) is 5.60 Å². The number of ether oxygens (including phenoxy) is 1. The Morgan fingerprint density at radius 2 is 1.79 bits per heavy atom. The van der Waals surface area contributed by atoms with Crippen molar-refractivity contribution in [1.82, 2.24) is 4.90 Å². The van der Waals surface area contributed by atoms with Crippen molar-refractivity contribution in [3.8, 4) is 0 Å². The van der Waals surface area contributed by atoms with Crippen LogP contribution < -0.4 is 4.90 Å². The maximum atomic E-state index is 12.2. The minimum Gasteiger partial charge on any atom is -0.444 e. The number of rotatable bonds is 3. The van der Waals surface area contributed by atoms with Crippen molar-refractivity contribution >= 4 is 11.8 Å². The summed E-state index contributed by atoms with van der Waals surface area (Å²) in [6.07, 6.45) is 0.886. The molecule has 4 heteroatoms. The molecule has 1 aliphatic heterocycles. The molecule has 0 spiro atoms. The summed E-state index contributed by atoms with van der Waals surface area (Å²) >= 11 is 0. The normalized spacial score (nSPS) is 15.8. The fraction of sp³-hybridized carbons (Fsp3) is 0.650. The highest BCUT2D eigenvalue weighted by atomic mass is 16.6. The molecule has 1 aromatic carbocycles. The Bertz CT molecular complexity index is 567. The van der Waals surface area contributed by atoms with Gasteiger partial charge in [-0.15, -0.1) is 0 Å². The Morgan fingerprint density at radius 1 is 1.17 bits per heavy atom. The van der Waals surface area contributed by atoms with E-state index in [-0.39, 0.29) is 6.09 Å². The maximum absolute atomic E-state index is 12.2. The standard InChI is InChI=1S/C20H32N2O2/c1-15(2)13-17-14-16(3)7-8-18(17)21-9-11-22(12-10-21)19(23)24-20(4,5)6/h7-8,14-15H,9-13H2,1-6H3. The van der Waals surface area contributed by atoms with Crippen LogP contribution in [0.3, 0.4) is 0 Å². The van der Waals surface area contributed by atoms with Gasteiger partial charge in [-0.3, -0.25) is 0 Å². The molecule has 2 rings (SSSR count). The number of aryl methyl sites for hydroxylation is 1. The van der Waals surface area contributed by atoms with Crippen molar-refractivity contribution in [2.45, 2.75) is 53.6 Å². The van der Waals surface area contributed by atoms with Crippen LogP contribution in [0.5, 0.6) is 0 Å². The molecule has 0 radical (unpaired) electrons. The Hall–Kier alpha value is -1.71. The predicted octanol–water partition coefficient (Wildman–Crippen LogP) is 4.25. The zero-order valence-electron chi connectivity index (χ0n) is 16.1. The highest BCUT2D eigenvalue weighted by Gasteiger charge is 2.26. The number of benzene rings is 1. The van der Waals surface area contributed by atoms with Crippen LogP contribution in [0.15, 0.2) is 18.2 Å². The van der Waals surface area contributed by atoms with Gasteiger partial charge in [-0.2, -0.15) is 0 Å². The van der Waals surface area contributed by atoms with Crippen LogP contribution in [-0.4, -0.2) is 42.8 Å². The molecule has 1 heterocycles. The van der Waals surface area contributed by atoms with E-state index < -0.39 is 5.60 Å². The van der Waals surface area contributed by atoms with E-state index in [9.17, 15) is 4.79 Å². The Balaban J connectivity index is 2.03. The Morgan fingerprint density at radius 3 is 2.33 bits per heavy atom. The molecule has 24 heavy (non-hydrogen) atoms. The van der Waals surface area contributed by atoms with Crippen molar-refractivity contribution in [3.05, 3.63) is 29.3 Å². The third-order valence-electron chi connectivity index (χ3n) is 4.14. The van der Waals surface area contributed by atoms with E-state index in [0.717, 1.165) is 19.5 Å². The van der Waals surface area contributed by atoms with Crippen molar-refractivity contribution in [2.24, 2.45) is 5.92 Å². The average molecular weight is 332 g/mol. The van der Waals surface area contributed by atoms with E-state index in [2.05, 4.69) is 43.9 Å². The highest BCUT2D eigenvalue weighted by Crippen LogP contribution is 2.26. The second-order valence-electron chi connectivity index (χ2n) is 8.18. The number of carbonyl (C=O) groups excluding carboxylic acids is 1. The first-order valence-corrected chi connectivity index (χ1v) is 8.98. The van der Waals surface area contributed by atoms with Crippen LogP contribution in [0, 0.1) is 12.8 Å². The Kier molecular flexibility index (Phi) is 5.79. The van der Waals surface area contributed by atoms with Crippen LogP contribution in [-0.2, 0) is 11.2 Å². The molecule has 1 aromatic rings. The predicted molar refractivity (Wildman–Crippen MR) is 99.7 cm³/mol. The van der Waals surface area contributed by atoms with Crippen LogP contribution in [0.2, 0.25) is 0 Å². The van der Waals surface area contributed by atoms with Gasteiger partial charge >= 0.3 is 6.09 Å². The quantitative estimate of drug-likeness (QED) is 0.829. The number of hydrogen-bond acceptors (Lipinski definition) is 3. The average Bonchev–Trinajstić information content (AvgIpc) is 2.45. The topological polar surface area (TPSA) is 32.8 Å². The minimum absolute atomic E-state index is 0.200. The van der Waals surface area contributed by atoms with E-state index in [0.29, 0.717) is 19.0 Å². The van der Waals surface area contributed by atoms with Crippen molar-refractivity contribution < 1.29 is 9.53 Å². The van der Waals surface area contributed by atoms with E-state index >= 15 is 0 Å². The first kappa shape index (κ1) is 18.6. The molecule has 134 valence electrons. The smallest absolute Gasteiger partial charge is 0.410 e. The molecule has 0 aliphatic carbocycles. The maximum Gasteiger partial charge on any atom is 0.410 e. The summed E-state index contributed by atoms with van der Waals surface area (Å²) in [5.74, 6) is 0.633. The second-order valence-corrected chi connectivity index (χ2v) is 8.18. The zero-order chi connectivity index (χ0) is 17.9. The molecular formula is C20H32N2O2. The summed E-state index contributed by atoms with van der Waals surface area (Å²) in [4.78, 5) is 16.4. The first-order chi connectivity index (χ1) is 11.2. The summed E-state index contributed by atoms with van der Waals surface area (Å²) in [7, 11) is 0. The van der Waals surface area contributed by atoms with Crippen molar-refractivity contribution in [3.63, 3.8) is 0 Å². The van der Waals surface area contributed by atoms with E-state index in [1.165, 1.54) is 16.8 Å². The van der Waals surface area contributed by atoms with Gasteiger partial charge in [-0.05, 0) is 51.7 Å². The molecule has 1 saturated heterocycles. The van der Waals surface area contributed by atoms with Gasteiger partial charge in [-0.1, -0.05) is 31.5 Å². The summed E-state index contributed by atoms with van der Waals surface area (Å²) in [5, 5.41) is 0. The lowest BCUT2D eigenvalue weighted by Gasteiger charge is -2.37. The summed E-state index contributed by atoms with van der Waals surface area (Å²) in [6.45, 7) is 15.5. The molecule has 0 saturated carbocycles. The largest absolute Gasteiger partial charge is 0.444 e. The molecule has 0 bridgehead atoms. The third kappa shape index (κ3) is 5.15. The first-order valence-electron chi connectivity index (χ1n) is 8.98.